The number of imidazole rings is 1. The molecule has 4 rings (SSSR count). The molecule has 0 spiro atoms. The molecule has 28 heavy (non-hydrogen) atoms. The fraction of sp³-hybridized carbons (Fsp3) is 0.368. The van der Waals surface area contributed by atoms with Crippen molar-refractivity contribution < 1.29 is 9.90 Å². The lowest BCUT2D eigenvalue weighted by atomic mass is 10.1. The molecule has 1 aromatic carbocycles. The minimum Gasteiger partial charge on any atom is -0.548 e. The number of rotatable bonds is 3. The molecule has 3 heterocycles. The average Bonchev–Trinajstić information content (AvgIpc) is 3.05. The van der Waals surface area contributed by atoms with Gasteiger partial charge in [0.15, 0.2) is 11.2 Å². The van der Waals surface area contributed by atoms with Crippen LogP contribution in [-0.4, -0.2) is 31.2 Å². The summed E-state index contributed by atoms with van der Waals surface area (Å²) < 4.78 is 3.66. The second-order valence-electron chi connectivity index (χ2n) is 7.11. The largest absolute Gasteiger partial charge is 0.548 e. The number of carbonyl (C=O) groups excluding carboxylic acids is 1. The van der Waals surface area contributed by atoms with E-state index in [1.807, 2.05) is 30.9 Å². The first-order valence-electron chi connectivity index (χ1n) is 9.04. The maximum Gasteiger partial charge on any atom is 0.332 e. The molecule has 0 radical (unpaired) electrons. The Hall–Kier alpha value is -3.36. The Bertz CT molecular complexity index is 1230. The quantitative estimate of drug-likeness (QED) is 0.622. The minimum atomic E-state index is -1.49. The molecule has 1 aliphatic rings. The van der Waals surface area contributed by atoms with Crippen molar-refractivity contribution in [3.63, 3.8) is 0 Å². The monoisotopic (exact) mass is 382 g/mol. The first kappa shape index (κ1) is 18.0. The number of hydrogen-bond acceptors (Lipinski definition) is 6. The molecular formula is C19H20N5O4-. The summed E-state index contributed by atoms with van der Waals surface area (Å²) in [6.07, 6.45) is 0.786. The Morgan fingerprint density at radius 1 is 1.18 bits per heavy atom. The van der Waals surface area contributed by atoms with Gasteiger partial charge in [-0.2, -0.15) is 4.98 Å². The molecule has 3 aromatic rings. The molecule has 0 saturated carbocycles. The summed E-state index contributed by atoms with van der Waals surface area (Å²) in [7, 11) is 1.48. The highest BCUT2D eigenvalue weighted by molar-refractivity contribution is 5.77. The number of carboxylic acids is 1. The van der Waals surface area contributed by atoms with Crippen LogP contribution < -0.4 is 21.3 Å². The number of fused-ring (bicyclic) bond motifs is 3. The normalized spacial score (nSPS) is 13.8. The third-order valence-corrected chi connectivity index (χ3v) is 5.31. The van der Waals surface area contributed by atoms with Crippen LogP contribution in [0.2, 0.25) is 0 Å². The molecular weight excluding hydrogens is 362 g/mol. The molecule has 0 atom stereocenters. The van der Waals surface area contributed by atoms with Crippen LogP contribution in [0.5, 0.6) is 0 Å². The summed E-state index contributed by atoms with van der Waals surface area (Å²) >= 11 is 0. The van der Waals surface area contributed by atoms with E-state index in [-0.39, 0.29) is 11.2 Å². The lowest BCUT2D eigenvalue weighted by Crippen LogP contribution is -2.44. The van der Waals surface area contributed by atoms with Crippen molar-refractivity contribution in [2.45, 2.75) is 33.4 Å². The number of hydrogen-bond donors (Lipinski definition) is 0. The number of anilines is 2. The van der Waals surface area contributed by atoms with Gasteiger partial charge in [-0.3, -0.25) is 13.9 Å². The lowest BCUT2D eigenvalue weighted by molar-refractivity contribution is -0.306. The van der Waals surface area contributed by atoms with Crippen LogP contribution in [0.3, 0.4) is 0 Å². The maximum absolute atomic E-state index is 12.9. The summed E-state index contributed by atoms with van der Waals surface area (Å²) in [4.78, 5) is 42.9. The number of carboxylic acid groups (broad SMARTS) is 1. The Morgan fingerprint density at radius 2 is 1.93 bits per heavy atom. The summed E-state index contributed by atoms with van der Waals surface area (Å²) in [6, 6.07) is 6.11. The van der Waals surface area contributed by atoms with E-state index in [2.05, 4.69) is 11.1 Å². The van der Waals surface area contributed by atoms with Crippen LogP contribution in [-0.2, 0) is 24.9 Å². The first-order valence-corrected chi connectivity index (χ1v) is 9.04. The fourth-order valence-corrected chi connectivity index (χ4v) is 3.67. The van der Waals surface area contributed by atoms with Crippen molar-refractivity contribution in [2.24, 2.45) is 7.05 Å². The Kier molecular flexibility index (Phi) is 4.10. The van der Waals surface area contributed by atoms with Gasteiger partial charge >= 0.3 is 5.69 Å². The summed E-state index contributed by atoms with van der Waals surface area (Å²) in [5.74, 6) is -0.920. The van der Waals surface area contributed by atoms with Gasteiger partial charge < -0.3 is 19.4 Å². The number of aliphatic carboxylic acids is 1. The van der Waals surface area contributed by atoms with E-state index < -0.39 is 23.8 Å². The van der Waals surface area contributed by atoms with E-state index in [0.29, 0.717) is 17.1 Å². The average molecular weight is 382 g/mol. The van der Waals surface area contributed by atoms with Crippen molar-refractivity contribution in [3.8, 4) is 0 Å². The van der Waals surface area contributed by atoms with Gasteiger partial charge in [0.1, 0.15) is 0 Å². The van der Waals surface area contributed by atoms with Gasteiger partial charge in [0.25, 0.3) is 5.56 Å². The van der Waals surface area contributed by atoms with Crippen molar-refractivity contribution in [2.75, 3.05) is 11.4 Å². The van der Waals surface area contributed by atoms with E-state index >= 15 is 0 Å². The van der Waals surface area contributed by atoms with E-state index in [9.17, 15) is 19.5 Å². The topological polar surface area (TPSA) is 105 Å². The number of aryl methyl sites for hydroxylation is 4. The lowest BCUT2D eigenvalue weighted by Gasteiger charge is -2.29. The predicted molar refractivity (Wildman–Crippen MR) is 102 cm³/mol. The summed E-state index contributed by atoms with van der Waals surface area (Å²) in [6.45, 7) is 4.58. The third-order valence-electron chi connectivity index (χ3n) is 5.31. The maximum atomic E-state index is 12.9. The molecule has 0 aliphatic carbocycles. The van der Waals surface area contributed by atoms with Crippen molar-refractivity contribution in [1.29, 1.82) is 0 Å². The molecule has 0 unspecified atom stereocenters. The van der Waals surface area contributed by atoms with Crippen molar-refractivity contribution >= 4 is 28.8 Å². The second kappa shape index (κ2) is 6.36. The SMILES string of the molecule is Cc1ccc(N2CCCn3c2nc2c3c(=O)n(CC(=O)[O-])c(=O)n2C)cc1C. The third kappa shape index (κ3) is 2.62. The highest BCUT2D eigenvalue weighted by Gasteiger charge is 2.27. The highest BCUT2D eigenvalue weighted by atomic mass is 16.4. The first-order chi connectivity index (χ1) is 13.3. The van der Waals surface area contributed by atoms with Gasteiger partial charge in [-0.1, -0.05) is 6.07 Å². The Labute approximate surface area is 160 Å². The Morgan fingerprint density at radius 3 is 2.61 bits per heavy atom. The molecule has 0 saturated heterocycles. The zero-order valence-corrected chi connectivity index (χ0v) is 15.9. The summed E-state index contributed by atoms with van der Waals surface area (Å²) in [5, 5.41) is 11.0. The molecule has 0 bridgehead atoms. The van der Waals surface area contributed by atoms with Crippen LogP contribution in [0.4, 0.5) is 11.6 Å². The van der Waals surface area contributed by atoms with Crippen molar-refractivity contribution in [1.82, 2.24) is 18.7 Å². The minimum absolute atomic E-state index is 0.229. The molecule has 9 nitrogen and oxygen atoms in total. The second-order valence-corrected chi connectivity index (χ2v) is 7.11. The smallest absolute Gasteiger partial charge is 0.332 e. The van der Waals surface area contributed by atoms with Gasteiger partial charge in [-0.25, -0.2) is 4.79 Å². The van der Waals surface area contributed by atoms with Crippen LogP contribution in [0, 0.1) is 13.8 Å². The molecule has 146 valence electrons. The van der Waals surface area contributed by atoms with Crippen LogP contribution in [0.15, 0.2) is 27.8 Å². The van der Waals surface area contributed by atoms with E-state index in [1.165, 1.54) is 17.2 Å². The molecule has 9 heteroatoms. The van der Waals surface area contributed by atoms with Gasteiger partial charge in [0, 0.05) is 25.8 Å². The number of nitrogens with zero attached hydrogens (tertiary/aromatic N) is 5. The molecule has 0 amide bonds. The zero-order chi connectivity index (χ0) is 20.2. The molecule has 2 aromatic heterocycles. The Balaban J connectivity index is 1.98. The van der Waals surface area contributed by atoms with E-state index in [4.69, 9.17) is 0 Å². The van der Waals surface area contributed by atoms with Crippen LogP contribution in [0.1, 0.15) is 17.5 Å². The van der Waals surface area contributed by atoms with E-state index in [1.54, 1.807) is 4.57 Å². The van der Waals surface area contributed by atoms with Gasteiger partial charge in [0.05, 0.1) is 12.5 Å². The number of benzene rings is 1. The van der Waals surface area contributed by atoms with E-state index in [0.717, 1.165) is 24.2 Å². The highest BCUT2D eigenvalue weighted by Crippen LogP contribution is 2.31. The standard InChI is InChI=1S/C19H21N5O4/c1-11-5-6-13(9-12(11)2)22-7-4-8-23-15-16(20-18(22)23)21(3)19(28)24(17(15)27)10-14(25)26/h5-6,9H,4,7-8,10H2,1-3H3,(H,25,26)/p-1. The molecule has 0 fully saturated rings. The van der Waals surface area contributed by atoms with Gasteiger partial charge in [-0.05, 0) is 43.5 Å². The fourth-order valence-electron chi connectivity index (χ4n) is 3.67. The van der Waals surface area contributed by atoms with Crippen LogP contribution >= 0.6 is 0 Å². The number of carbonyl (C=O) groups is 1. The van der Waals surface area contributed by atoms with Gasteiger partial charge in [0.2, 0.25) is 5.95 Å². The predicted octanol–water partition coefficient (Wildman–Crippen LogP) is -0.195. The van der Waals surface area contributed by atoms with Crippen LogP contribution in [0.25, 0.3) is 11.2 Å². The van der Waals surface area contributed by atoms with Crippen molar-refractivity contribution in [3.05, 3.63) is 50.2 Å². The van der Waals surface area contributed by atoms with Gasteiger partial charge in [-0.15, -0.1) is 0 Å². The number of aromatic nitrogens is 4. The summed E-state index contributed by atoms with van der Waals surface area (Å²) in [5.41, 5.74) is 2.37. The molecule has 0 N–H and O–H groups in total. The molecule has 1 aliphatic heterocycles. The zero-order valence-electron chi connectivity index (χ0n) is 15.9.